The van der Waals surface area contributed by atoms with Gasteiger partial charge in [0.1, 0.15) is 13.2 Å². The Morgan fingerprint density at radius 1 is 1.06 bits per heavy atom. The standard InChI is InChI=1S/C27H24N2O5S/c1-18(21-10-11-23-24(14-21)33-13-12-32-23)29-26(30)16-34-27(31)22-4-2-3-5-25(22)35-17-20-8-6-19(15-28)7-9-20/h2-11,14,18H,12-13,16-17H2,1H3,(H,29,30). The maximum atomic E-state index is 12.7. The van der Waals surface area contributed by atoms with Crippen LogP contribution in [0.4, 0.5) is 0 Å². The number of benzene rings is 3. The highest BCUT2D eigenvalue weighted by Gasteiger charge is 2.18. The van der Waals surface area contributed by atoms with Crippen LogP contribution < -0.4 is 14.8 Å². The number of nitrogens with one attached hydrogen (secondary N) is 1. The molecule has 7 nitrogen and oxygen atoms in total. The number of ether oxygens (including phenoxy) is 3. The molecule has 3 aromatic carbocycles. The normalized spacial score (nSPS) is 12.8. The van der Waals surface area contributed by atoms with Crippen molar-refractivity contribution in [2.75, 3.05) is 19.8 Å². The number of fused-ring (bicyclic) bond motifs is 1. The van der Waals surface area contributed by atoms with Gasteiger partial charge in [0.2, 0.25) is 0 Å². The van der Waals surface area contributed by atoms with Crippen LogP contribution in [-0.2, 0) is 15.3 Å². The molecule has 0 saturated carbocycles. The average molecular weight is 489 g/mol. The van der Waals surface area contributed by atoms with E-state index in [1.165, 1.54) is 11.8 Å². The van der Waals surface area contributed by atoms with Crippen LogP contribution in [0.3, 0.4) is 0 Å². The van der Waals surface area contributed by atoms with Gasteiger partial charge in [-0.05, 0) is 54.4 Å². The molecule has 1 amide bonds. The lowest BCUT2D eigenvalue weighted by Gasteiger charge is -2.21. The smallest absolute Gasteiger partial charge is 0.339 e. The predicted molar refractivity (Wildman–Crippen MR) is 131 cm³/mol. The van der Waals surface area contributed by atoms with Crippen LogP contribution in [0, 0.1) is 11.3 Å². The lowest BCUT2D eigenvalue weighted by atomic mass is 10.1. The maximum Gasteiger partial charge on any atom is 0.339 e. The minimum absolute atomic E-state index is 0.299. The number of nitriles is 1. The summed E-state index contributed by atoms with van der Waals surface area (Å²) in [7, 11) is 0. The van der Waals surface area contributed by atoms with Gasteiger partial charge < -0.3 is 19.5 Å². The number of amides is 1. The first-order valence-electron chi connectivity index (χ1n) is 11.1. The van der Waals surface area contributed by atoms with E-state index < -0.39 is 11.9 Å². The second kappa shape index (κ2) is 11.4. The monoisotopic (exact) mass is 488 g/mol. The molecular formula is C27H24N2O5S. The molecule has 0 aliphatic carbocycles. The van der Waals surface area contributed by atoms with Crippen molar-refractivity contribution >= 4 is 23.6 Å². The summed E-state index contributed by atoms with van der Waals surface area (Å²) in [6, 6.07) is 21.8. The molecule has 4 rings (SSSR count). The van der Waals surface area contributed by atoms with Crippen LogP contribution in [0.2, 0.25) is 0 Å². The van der Waals surface area contributed by atoms with E-state index in [0.717, 1.165) is 16.0 Å². The second-order valence-corrected chi connectivity index (χ2v) is 8.88. The average Bonchev–Trinajstić information content (AvgIpc) is 2.90. The molecule has 1 aliphatic heterocycles. The summed E-state index contributed by atoms with van der Waals surface area (Å²) in [6.07, 6.45) is 0. The molecule has 35 heavy (non-hydrogen) atoms. The molecule has 0 bridgehead atoms. The zero-order valence-electron chi connectivity index (χ0n) is 19.2. The number of thioether (sulfide) groups is 1. The minimum Gasteiger partial charge on any atom is -0.486 e. The zero-order chi connectivity index (χ0) is 24.6. The van der Waals surface area contributed by atoms with Gasteiger partial charge in [-0.3, -0.25) is 4.79 Å². The largest absolute Gasteiger partial charge is 0.486 e. The van der Waals surface area contributed by atoms with Crippen LogP contribution in [0.5, 0.6) is 11.5 Å². The van der Waals surface area contributed by atoms with E-state index in [-0.39, 0.29) is 12.6 Å². The number of nitrogens with zero attached hydrogens (tertiary/aromatic N) is 1. The summed E-state index contributed by atoms with van der Waals surface area (Å²) in [5.41, 5.74) is 2.89. The van der Waals surface area contributed by atoms with E-state index in [2.05, 4.69) is 11.4 Å². The van der Waals surface area contributed by atoms with Gasteiger partial charge in [0.05, 0.1) is 23.2 Å². The van der Waals surface area contributed by atoms with Gasteiger partial charge in [-0.1, -0.05) is 30.3 Å². The topological polar surface area (TPSA) is 97.7 Å². The fraction of sp³-hybridized carbons (Fsp3) is 0.222. The first-order chi connectivity index (χ1) is 17.0. The summed E-state index contributed by atoms with van der Waals surface area (Å²) < 4.78 is 16.4. The van der Waals surface area contributed by atoms with E-state index in [9.17, 15) is 9.59 Å². The Morgan fingerprint density at radius 2 is 1.80 bits per heavy atom. The summed E-state index contributed by atoms with van der Waals surface area (Å²) in [6.45, 7) is 2.46. The molecule has 0 saturated heterocycles. The Morgan fingerprint density at radius 3 is 2.57 bits per heavy atom. The molecule has 0 spiro atoms. The molecule has 1 aliphatic rings. The van der Waals surface area contributed by atoms with Crippen molar-refractivity contribution in [3.63, 3.8) is 0 Å². The second-order valence-electron chi connectivity index (χ2n) is 7.86. The summed E-state index contributed by atoms with van der Waals surface area (Å²) in [4.78, 5) is 25.9. The van der Waals surface area contributed by atoms with Crippen LogP contribution >= 0.6 is 11.8 Å². The molecule has 178 valence electrons. The highest BCUT2D eigenvalue weighted by molar-refractivity contribution is 7.98. The van der Waals surface area contributed by atoms with Crippen molar-refractivity contribution < 1.29 is 23.8 Å². The third kappa shape index (κ3) is 6.34. The highest BCUT2D eigenvalue weighted by Crippen LogP contribution is 2.32. The lowest BCUT2D eigenvalue weighted by Crippen LogP contribution is -2.31. The maximum absolute atomic E-state index is 12.7. The van der Waals surface area contributed by atoms with Gasteiger partial charge in [-0.2, -0.15) is 5.26 Å². The third-order valence-corrected chi connectivity index (χ3v) is 6.51. The first-order valence-corrected chi connectivity index (χ1v) is 12.1. The third-order valence-electron chi connectivity index (χ3n) is 5.36. The Balaban J connectivity index is 1.31. The highest BCUT2D eigenvalue weighted by atomic mass is 32.2. The first kappa shape index (κ1) is 24.2. The molecule has 1 heterocycles. The number of carbonyl (C=O) groups is 2. The summed E-state index contributed by atoms with van der Waals surface area (Å²) in [5.74, 6) is 1.00. The van der Waals surface area contributed by atoms with E-state index in [1.807, 2.05) is 49.4 Å². The van der Waals surface area contributed by atoms with Crippen LogP contribution in [0.1, 0.15) is 40.0 Å². The molecule has 0 aromatic heterocycles. The van der Waals surface area contributed by atoms with Crippen molar-refractivity contribution in [2.24, 2.45) is 0 Å². The number of esters is 1. The fourth-order valence-corrected chi connectivity index (χ4v) is 4.50. The van der Waals surface area contributed by atoms with Gasteiger partial charge in [0.15, 0.2) is 18.1 Å². The molecule has 8 heteroatoms. The van der Waals surface area contributed by atoms with Crippen LogP contribution in [-0.4, -0.2) is 31.7 Å². The molecule has 1 unspecified atom stereocenters. The Bertz CT molecular complexity index is 1250. The van der Waals surface area contributed by atoms with E-state index >= 15 is 0 Å². The molecule has 1 atom stereocenters. The number of hydrogen-bond acceptors (Lipinski definition) is 7. The van der Waals surface area contributed by atoms with Gasteiger partial charge in [0, 0.05) is 10.6 Å². The van der Waals surface area contributed by atoms with Crippen molar-refractivity contribution in [1.82, 2.24) is 5.32 Å². The van der Waals surface area contributed by atoms with Crippen molar-refractivity contribution in [3.8, 4) is 17.6 Å². The van der Waals surface area contributed by atoms with E-state index in [0.29, 0.717) is 41.6 Å². The SMILES string of the molecule is CC(NC(=O)COC(=O)c1ccccc1SCc1ccc(C#N)cc1)c1ccc2c(c1)OCCO2. The summed E-state index contributed by atoms with van der Waals surface area (Å²) >= 11 is 1.49. The molecule has 3 aromatic rings. The summed E-state index contributed by atoms with van der Waals surface area (Å²) in [5, 5.41) is 11.8. The van der Waals surface area contributed by atoms with Crippen molar-refractivity contribution in [1.29, 1.82) is 5.26 Å². The fourth-order valence-electron chi connectivity index (χ4n) is 3.50. The number of carbonyl (C=O) groups excluding carboxylic acids is 2. The van der Waals surface area contributed by atoms with E-state index in [4.69, 9.17) is 19.5 Å². The quantitative estimate of drug-likeness (QED) is 0.364. The van der Waals surface area contributed by atoms with Crippen LogP contribution in [0.15, 0.2) is 71.6 Å². The zero-order valence-corrected chi connectivity index (χ0v) is 20.0. The Labute approximate surface area is 208 Å². The minimum atomic E-state index is -0.560. The number of rotatable bonds is 8. The van der Waals surface area contributed by atoms with Gasteiger partial charge in [-0.15, -0.1) is 11.8 Å². The molecule has 0 radical (unpaired) electrons. The predicted octanol–water partition coefficient (Wildman–Crippen LogP) is 4.66. The molecular weight excluding hydrogens is 464 g/mol. The molecule has 0 fully saturated rings. The Hall–Kier alpha value is -3.96. The Kier molecular flexibility index (Phi) is 7.91. The van der Waals surface area contributed by atoms with Crippen LogP contribution in [0.25, 0.3) is 0 Å². The van der Waals surface area contributed by atoms with Gasteiger partial charge >= 0.3 is 5.97 Å². The van der Waals surface area contributed by atoms with Gasteiger partial charge in [-0.25, -0.2) is 4.79 Å². The molecule has 1 N–H and O–H groups in total. The van der Waals surface area contributed by atoms with Gasteiger partial charge in [0.25, 0.3) is 5.91 Å². The number of hydrogen-bond donors (Lipinski definition) is 1. The van der Waals surface area contributed by atoms with Crippen molar-refractivity contribution in [2.45, 2.75) is 23.6 Å². The van der Waals surface area contributed by atoms with E-state index in [1.54, 1.807) is 24.3 Å². The van der Waals surface area contributed by atoms with Crippen molar-refractivity contribution in [3.05, 3.63) is 89.0 Å². The lowest BCUT2D eigenvalue weighted by molar-refractivity contribution is -0.124.